The molecule has 0 saturated heterocycles. The van der Waals surface area contributed by atoms with Gasteiger partial charge < -0.3 is 14.7 Å². The number of methoxy groups -OCH3 is 1. The molecule has 1 unspecified atom stereocenters. The lowest BCUT2D eigenvalue weighted by atomic mass is 9.85. The Labute approximate surface area is 119 Å². The zero-order valence-corrected chi connectivity index (χ0v) is 12.6. The van der Waals surface area contributed by atoms with Gasteiger partial charge in [0.25, 0.3) is 5.79 Å². The quantitative estimate of drug-likeness (QED) is 0.922. The van der Waals surface area contributed by atoms with Crippen molar-refractivity contribution in [3.63, 3.8) is 0 Å². The zero-order valence-electron chi connectivity index (χ0n) is 12.6. The van der Waals surface area contributed by atoms with Gasteiger partial charge in [0.1, 0.15) is 11.3 Å². The third kappa shape index (κ3) is 2.15. The number of hydrogen-bond acceptors (Lipinski definition) is 4. The predicted octanol–water partition coefficient (Wildman–Crippen LogP) is 2.87. The number of ether oxygens (including phenoxy) is 1. The first-order valence-corrected chi connectivity index (χ1v) is 6.61. The van der Waals surface area contributed by atoms with Crippen LogP contribution < -0.4 is 0 Å². The van der Waals surface area contributed by atoms with Crippen molar-refractivity contribution < 1.29 is 14.7 Å². The van der Waals surface area contributed by atoms with E-state index in [-0.39, 0.29) is 0 Å². The molecule has 1 N–H and O–H groups in total. The number of rotatable bonds is 3. The van der Waals surface area contributed by atoms with Gasteiger partial charge in [-0.3, -0.25) is 0 Å². The van der Waals surface area contributed by atoms with Crippen LogP contribution in [0.2, 0.25) is 0 Å². The van der Waals surface area contributed by atoms with Crippen molar-refractivity contribution in [1.29, 1.82) is 0 Å². The van der Waals surface area contributed by atoms with Crippen LogP contribution in [-0.4, -0.2) is 29.3 Å². The van der Waals surface area contributed by atoms with Gasteiger partial charge in [-0.15, -0.1) is 0 Å². The number of nitrogens with zero attached hydrogens (tertiary/aromatic N) is 1. The highest BCUT2D eigenvalue weighted by atomic mass is 16.8. The van der Waals surface area contributed by atoms with Gasteiger partial charge in [0.05, 0.1) is 0 Å². The summed E-state index contributed by atoms with van der Waals surface area (Å²) in [6, 6.07) is 9.81. The second-order valence-electron chi connectivity index (χ2n) is 5.53. The van der Waals surface area contributed by atoms with Gasteiger partial charge in [-0.05, 0) is 33.3 Å². The molecule has 1 aliphatic rings. The third-order valence-corrected chi connectivity index (χ3v) is 3.82. The van der Waals surface area contributed by atoms with Crippen molar-refractivity contribution >= 4 is 5.71 Å². The Morgan fingerprint density at radius 1 is 1.20 bits per heavy atom. The summed E-state index contributed by atoms with van der Waals surface area (Å²) in [4.78, 5) is 5.59. The second-order valence-corrected chi connectivity index (χ2v) is 5.53. The highest BCUT2D eigenvalue weighted by Gasteiger charge is 2.52. The average molecular weight is 275 g/mol. The molecule has 1 aliphatic heterocycles. The lowest BCUT2D eigenvalue weighted by Gasteiger charge is -2.42. The normalized spacial score (nSPS) is 23.4. The molecule has 0 radical (unpaired) electrons. The van der Waals surface area contributed by atoms with E-state index in [2.05, 4.69) is 5.16 Å². The minimum atomic E-state index is -1.25. The average Bonchev–Trinajstić information content (AvgIpc) is 2.41. The van der Waals surface area contributed by atoms with Crippen molar-refractivity contribution in [2.24, 2.45) is 5.16 Å². The molecule has 0 spiro atoms. The molecule has 108 valence electrons. The first-order valence-electron chi connectivity index (χ1n) is 6.61. The summed E-state index contributed by atoms with van der Waals surface area (Å²) in [7, 11) is 1.51. The van der Waals surface area contributed by atoms with E-state index in [0.717, 1.165) is 22.4 Å². The SMILES string of the molecule is COC1(C(C)(C)O)ON=C(c2ccccc2)C(C)=C1C. The largest absolute Gasteiger partial charge is 0.383 e. The summed E-state index contributed by atoms with van der Waals surface area (Å²) in [5.74, 6) is -1.25. The molecule has 1 heterocycles. The molecule has 1 aromatic carbocycles. The summed E-state index contributed by atoms with van der Waals surface area (Å²) in [6.45, 7) is 7.16. The molecule has 2 rings (SSSR count). The Morgan fingerprint density at radius 2 is 1.80 bits per heavy atom. The zero-order chi connectivity index (χ0) is 15.0. The van der Waals surface area contributed by atoms with Crippen LogP contribution in [0.25, 0.3) is 0 Å². The fourth-order valence-corrected chi connectivity index (χ4v) is 2.55. The van der Waals surface area contributed by atoms with Gasteiger partial charge in [-0.2, -0.15) is 0 Å². The lowest BCUT2D eigenvalue weighted by Crippen LogP contribution is -2.55. The topological polar surface area (TPSA) is 51.0 Å². The van der Waals surface area contributed by atoms with Gasteiger partial charge in [0.2, 0.25) is 0 Å². The monoisotopic (exact) mass is 275 g/mol. The van der Waals surface area contributed by atoms with Crippen LogP contribution in [0, 0.1) is 0 Å². The Kier molecular flexibility index (Phi) is 3.71. The Balaban J connectivity index is 2.50. The molecule has 1 atom stereocenters. The minimum Gasteiger partial charge on any atom is -0.383 e. The standard InChI is InChI=1S/C16H21NO3/c1-11-12(2)16(19-5,15(3,4)18)20-17-14(11)13-9-7-6-8-10-13/h6-10,18H,1-5H3. The maximum absolute atomic E-state index is 10.4. The highest BCUT2D eigenvalue weighted by molar-refractivity contribution is 6.12. The van der Waals surface area contributed by atoms with Crippen molar-refractivity contribution in [2.45, 2.75) is 39.1 Å². The van der Waals surface area contributed by atoms with Crippen LogP contribution in [0.4, 0.5) is 0 Å². The second kappa shape index (κ2) is 5.04. The molecule has 20 heavy (non-hydrogen) atoms. The fraction of sp³-hybridized carbons (Fsp3) is 0.438. The van der Waals surface area contributed by atoms with Crippen LogP contribution in [0.15, 0.2) is 46.6 Å². The van der Waals surface area contributed by atoms with E-state index in [4.69, 9.17) is 9.57 Å². The Hall–Kier alpha value is -1.65. The number of benzene rings is 1. The molecule has 1 aromatic rings. The molecule has 4 nitrogen and oxygen atoms in total. The van der Waals surface area contributed by atoms with Crippen molar-refractivity contribution in [3.05, 3.63) is 47.0 Å². The number of oxime groups is 1. The highest BCUT2D eigenvalue weighted by Crippen LogP contribution is 2.39. The Morgan fingerprint density at radius 3 is 2.30 bits per heavy atom. The minimum absolute atomic E-state index is 0.764. The van der Waals surface area contributed by atoms with Crippen LogP contribution in [0.5, 0.6) is 0 Å². The van der Waals surface area contributed by atoms with Gasteiger partial charge in [0, 0.05) is 18.2 Å². The molecule has 0 aliphatic carbocycles. The third-order valence-electron chi connectivity index (χ3n) is 3.82. The predicted molar refractivity (Wildman–Crippen MR) is 78.5 cm³/mol. The Bertz CT molecular complexity index is 555. The van der Waals surface area contributed by atoms with E-state index in [1.807, 2.05) is 44.2 Å². The molecule has 0 aromatic heterocycles. The van der Waals surface area contributed by atoms with Gasteiger partial charge in [0.15, 0.2) is 0 Å². The first-order chi connectivity index (χ1) is 9.33. The van der Waals surface area contributed by atoms with Gasteiger partial charge in [-0.25, -0.2) is 0 Å². The van der Waals surface area contributed by atoms with Crippen LogP contribution in [0.3, 0.4) is 0 Å². The molecule has 0 fully saturated rings. The van der Waals surface area contributed by atoms with Crippen LogP contribution in [-0.2, 0) is 9.57 Å². The summed E-state index contributed by atoms with van der Waals surface area (Å²) in [6.07, 6.45) is 0. The molecule has 0 bridgehead atoms. The van der Waals surface area contributed by atoms with Gasteiger partial charge in [-0.1, -0.05) is 35.5 Å². The van der Waals surface area contributed by atoms with E-state index in [0.29, 0.717) is 0 Å². The molecule has 0 amide bonds. The fourth-order valence-electron chi connectivity index (χ4n) is 2.55. The number of allylic oxidation sites excluding steroid dienone is 1. The number of aliphatic hydroxyl groups is 1. The lowest BCUT2D eigenvalue weighted by molar-refractivity contribution is -0.281. The van der Waals surface area contributed by atoms with E-state index in [1.54, 1.807) is 13.8 Å². The summed E-state index contributed by atoms with van der Waals surface area (Å²) < 4.78 is 5.47. The van der Waals surface area contributed by atoms with Gasteiger partial charge >= 0.3 is 0 Å². The first kappa shape index (κ1) is 14.8. The maximum Gasteiger partial charge on any atom is 0.287 e. The van der Waals surface area contributed by atoms with Crippen molar-refractivity contribution in [3.8, 4) is 0 Å². The van der Waals surface area contributed by atoms with Crippen molar-refractivity contribution in [2.75, 3.05) is 7.11 Å². The molecular formula is C16H21NO3. The van der Waals surface area contributed by atoms with Crippen LogP contribution in [0.1, 0.15) is 33.3 Å². The van der Waals surface area contributed by atoms with E-state index < -0.39 is 11.4 Å². The molecule has 0 saturated carbocycles. The van der Waals surface area contributed by atoms with Crippen LogP contribution >= 0.6 is 0 Å². The van der Waals surface area contributed by atoms with E-state index in [9.17, 15) is 5.11 Å². The number of hydrogen-bond donors (Lipinski definition) is 1. The summed E-state index contributed by atoms with van der Waals surface area (Å²) in [5.41, 5.74) is 2.30. The van der Waals surface area contributed by atoms with Crippen molar-refractivity contribution in [1.82, 2.24) is 0 Å². The maximum atomic E-state index is 10.4. The summed E-state index contributed by atoms with van der Waals surface area (Å²) in [5, 5.41) is 14.6. The molecular weight excluding hydrogens is 254 g/mol. The van der Waals surface area contributed by atoms with E-state index in [1.165, 1.54) is 7.11 Å². The van der Waals surface area contributed by atoms with E-state index >= 15 is 0 Å². The molecule has 4 heteroatoms. The smallest absolute Gasteiger partial charge is 0.287 e. The summed E-state index contributed by atoms with van der Waals surface area (Å²) >= 11 is 0.